The van der Waals surface area contributed by atoms with Gasteiger partial charge in [0.05, 0.1) is 12.1 Å². The Kier molecular flexibility index (Phi) is 8.76. The van der Waals surface area contributed by atoms with Crippen LogP contribution in [0.15, 0.2) is 66.7 Å². The molecule has 178 valence electrons. The number of ether oxygens (including phenoxy) is 3. The third-order valence-corrected chi connectivity index (χ3v) is 5.33. The van der Waals surface area contributed by atoms with Crippen molar-refractivity contribution in [3.8, 4) is 17.2 Å². The average Bonchev–Trinajstić information content (AvgIpc) is 2.85. The third-order valence-electron chi connectivity index (χ3n) is 5.05. The number of hydrogen-bond acceptors (Lipinski definition) is 5. The molecule has 0 aliphatic carbocycles. The van der Waals surface area contributed by atoms with Gasteiger partial charge in [0.1, 0.15) is 12.4 Å². The number of primary amides is 1. The van der Waals surface area contributed by atoms with Gasteiger partial charge in [0, 0.05) is 18.7 Å². The Morgan fingerprint density at radius 3 is 2.29 bits per heavy atom. The second-order valence-corrected chi connectivity index (χ2v) is 7.89. The van der Waals surface area contributed by atoms with E-state index in [2.05, 4.69) is 0 Å². The molecule has 3 aromatic rings. The van der Waals surface area contributed by atoms with Crippen LogP contribution in [0.2, 0.25) is 5.02 Å². The van der Waals surface area contributed by atoms with Crippen LogP contribution in [0.3, 0.4) is 0 Å². The van der Waals surface area contributed by atoms with E-state index in [4.69, 9.17) is 31.5 Å². The average molecular weight is 483 g/mol. The number of carbonyl (C=O) groups excluding carboxylic acids is 2. The number of benzene rings is 3. The summed E-state index contributed by atoms with van der Waals surface area (Å²) in [6, 6.07) is 20.6. The Labute approximate surface area is 204 Å². The van der Waals surface area contributed by atoms with Crippen LogP contribution >= 0.6 is 11.6 Å². The number of hydrogen-bond donors (Lipinski definition) is 1. The van der Waals surface area contributed by atoms with Gasteiger partial charge in [-0.2, -0.15) is 0 Å². The van der Waals surface area contributed by atoms with Crippen LogP contribution in [0, 0.1) is 0 Å². The SMILES string of the molecule is CCN(Cc1ccc(OCc2ccccc2)cc1)C(=O)c1cc(Cl)c(OCC(N)=O)c(OC)c1. The largest absolute Gasteiger partial charge is 0.493 e. The van der Waals surface area contributed by atoms with Gasteiger partial charge in [0.2, 0.25) is 0 Å². The number of amides is 2. The minimum atomic E-state index is -0.646. The molecular weight excluding hydrogens is 456 g/mol. The lowest BCUT2D eigenvalue weighted by molar-refractivity contribution is -0.119. The van der Waals surface area contributed by atoms with Gasteiger partial charge in [0.15, 0.2) is 18.1 Å². The number of rotatable bonds is 11. The smallest absolute Gasteiger partial charge is 0.255 e. The standard InChI is InChI=1S/C26H27ClN2O5/c1-3-29(15-18-9-11-21(12-10-18)33-16-19-7-5-4-6-8-19)26(31)20-13-22(27)25(23(14-20)32-2)34-17-24(28)30/h4-14H,3,15-17H2,1-2H3,(H2,28,30). The predicted octanol–water partition coefficient (Wildman–Crippen LogP) is 4.45. The second-order valence-electron chi connectivity index (χ2n) is 7.48. The Morgan fingerprint density at radius 2 is 1.68 bits per heavy atom. The maximum atomic E-state index is 13.2. The number of carbonyl (C=O) groups is 2. The van der Waals surface area contributed by atoms with E-state index >= 15 is 0 Å². The first-order chi connectivity index (χ1) is 16.4. The highest BCUT2D eigenvalue weighted by molar-refractivity contribution is 6.32. The molecule has 0 aliphatic heterocycles. The highest BCUT2D eigenvalue weighted by Gasteiger charge is 2.20. The van der Waals surface area contributed by atoms with Crippen molar-refractivity contribution in [1.29, 1.82) is 0 Å². The lowest BCUT2D eigenvalue weighted by Crippen LogP contribution is -2.30. The van der Waals surface area contributed by atoms with Crippen LogP contribution in [-0.4, -0.2) is 37.0 Å². The quantitative estimate of drug-likeness (QED) is 0.436. The normalized spacial score (nSPS) is 10.4. The number of methoxy groups -OCH3 is 1. The molecule has 0 spiro atoms. The molecule has 3 rings (SSSR count). The topological polar surface area (TPSA) is 91.1 Å². The molecule has 0 aromatic heterocycles. The van der Waals surface area contributed by atoms with Crippen LogP contribution < -0.4 is 19.9 Å². The zero-order chi connectivity index (χ0) is 24.5. The first kappa shape index (κ1) is 24.9. The summed E-state index contributed by atoms with van der Waals surface area (Å²) in [5.41, 5.74) is 7.52. The van der Waals surface area contributed by atoms with Gasteiger partial charge in [-0.1, -0.05) is 54.1 Å². The molecule has 0 fully saturated rings. The van der Waals surface area contributed by atoms with E-state index in [1.165, 1.54) is 19.2 Å². The van der Waals surface area contributed by atoms with Crippen molar-refractivity contribution in [2.75, 3.05) is 20.3 Å². The molecule has 2 amide bonds. The fourth-order valence-electron chi connectivity index (χ4n) is 3.29. The van der Waals surface area contributed by atoms with Crippen molar-refractivity contribution in [3.63, 3.8) is 0 Å². The fourth-order valence-corrected chi connectivity index (χ4v) is 3.55. The van der Waals surface area contributed by atoms with Gasteiger partial charge in [-0.25, -0.2) is 0 Å². The maximum Gasteiger partial charge on any atom is 0.255 e. The molecule has 0 aliphatic rings. The Bertz CT molecular complexity index is 1120. The lowest BCUT2D eigenvalue weighted by Gasteiger charge is -2.22. The van der Waals surface area contributed by atoms with Crippen molar-refractivity contribution < 1.29 is 23.8 Å². The van der Waals surface area contributed by atoms with Gasteiger partial charge in [-0.3, -0.25) is 9.59 Å². The van der Waals surface area contributed by atoms with Gasteiger partial charge in [0.25, 0.3) is 11.8 Å². The van der Waals surface area contributed by atoms with Gasteiger partial charge in [-0.15, -0.1) is 0 Å². The molecule has 0 heterocycles. The highest BCUT2D eigenvalue weighted by Crippen LogP contribution is 2.36. The summed E-state index contributed by atoms with van der Waals surface area (Å²) in [6.07, 6.45) is 0. The first-order valence-electron chi connectivity index (χ1n) is 10.7. The zero-order valence-electron chi connectivity index (χ0n) is 19.1. The van der Waals surface area contributed by atoms with Crippen LogP contribution in [-0.2, 0) is 17.9 Å². The minimum absolute atomic E-state index is 0.153. The monoisotopic (exact) mass is 482 g/mol. The molecule has 0 atom stereocenters. The van der Waals surface area contributed by atoms with Crippen molar-refractivity contribution in [2.24, 2.45) is 5.73 Å². The molecule has 34 heavy (non-hydrogen) atoms. The van der Waals surface area contributed by atoms with Crippen LogP contribution in [0.5, 0.6) is 17.2 Å². The number of halogens is 1. The minimum Gasteiger partial charge on any atom is -0.493 e. The fraction of sp³-hybridized carbons (Fsp3) is 0.231. The third kappa shape index (κ3) is 6.65. The maximum absolute atomic E-state index is 13.2. The van der Waals surface area contributed by atoms with E-state index in [9.17, 15) is 9.59 Å². The molecule has 3 aromatic carbocycles. The van der Waals surface area contributed by atoms with E-state index in [-0.39, 0.29) is 29.0 Å². The van der Waals surface area contributed by atoms with Crippen molar-refractivity contribution >= 4 is 23.4 Å². The summed E-state index contributed by atoms with van der Waals surface area (Å²) in [4.78, 5) is 25.9. The molecule has 8 heteroatoms. The van der Waals surface area contributed by atoms with E-state index in [1.807, 2.05) is 61.5 Å². The lowest BCUT2D eigenvalue weighted by atomic mass is 10.1. The summed E-state index contributed by atoms with van der Waals surface area (Å²) in [5, 5.41) is 0.153. The van der Waals surface area contributed by atoms with E-state index < -0.39 is 5.91 Å². The first-order valence-corrected chi connectivity index (χ1v) is 11.1. The zero-order valence-corrected chi connectivity index (χ0v) is 19.9. The van der Waals surface area contributed by atoms with E-state index in [0.717, 1.165) is 16.9 Å². The van der Waals surface area contributed by atoms with Crippen molar-refractivity contribution in [3.05, 3.63) is 88.4 Å². The summed E-state index contributed by atoms with van der Waals surface area (Å²) in [5.74, 6) is 0.298. The predicted molar refractivity (Wildman–Crippen MR) is 130 cm³/mol. The Balaban J connectivity index is 1.68. The van der Waals surface area contributed by atoms with Crippen LogP contribution in [0.4, 0.5) is 0 Å². The van der Waals surface area contributed by atoms with Gasteiger partial charge >= 0.3 is 0 Å². The summed E-state index contributed by atoms with van der Waals surface area (Å²) in [6.45, 7) is 2.94. The molecule has 7 nitrogen and oxygen atoms in total. The Morgan fingerprint density at radius 1 is 0.971 bits per heavy atom. The summed E-state index contributed by atoms with van der Waals surface area (Å²) >= 11 is 6.30. The molecule has 0 saturated carbocycles. The molecule has 0 saturated heterocycles. The van der Waals surface area contributed by atoms with Gasteiger partial charge < -0.3 is 24.8 Å². The van der Waals surface area contributed by atoms with E-state index in [1.54, 1.807) is 4.90 Å². The number of nitrogens with zero attached hydrogens (tertiary/aromatic N) is 1. The molecule has 0 unspecified atom stereocenters. The molecule has 0 bridgehead atoms. The number of nitrogens with two attached hydrogens (primary N) is 1. The van der Waals surface area contributed by atoms with Crippen molar-refractivity contribution in [2.45, 2.75) is 20.1 Å². The molecular formula is C26H27ClN2O5. The molecule has 0 radical (unpaired) electrons. The Hall–Kier alpha value is -3.71. The summed E-state index contributed by atoms with van der Waals surface area (Å²) in [7, 11) is 1.43. The second kappa shape index (κ2) is 12.0. The summed E-state index contributed by atoms with van der Waals surface area (Å²) < 4.78 is 16.5. The molecule has 2 N–H and O–H groups in total. The van der Waals surface area contributed by atoms with E-state index in [0.29, 0.717) is 25.3 Å². The highest BCUT2D eigenvalue weighted by atomic mass is 35.5. The van der Waals surface area contributed by atoms with Gasteiger partial charge in [-0.05, 0) is 42.3 Å². The van der Waals surface area contributed by atoms with Crippen LogP contribution in [0.1, 0.15) is 28.4 Å². The van der Waals surface area contributed by atoms with Crippen LogP contribution in [0.25, 0.3) is 0 Å². The van der Waals surface area contributed by atoms with Crippen molar-refractivity contribution in [1.82, 2.24) is 4.90 Å².